The highest BCUT2D eigenvalue weighted by atomic mass is 32.2. The number of thioether (sulfide) groups is 1. The molecule has 8 heteroatoms. The van der Waals surface area contributed by atoms with Gasteiger partial charge in [-0.05, 0) is 30.4 Å². The summed E-state index contributed by atoms with van der Waals surface area (Å²) in [5, 5.41) is 10.7. The maximum absolute atomic E-state index is 13.4. The van der Waals surface area contributed by atoms with Gasteiger partial charge in [0, 0.05) is 16.4 Å². The van der Waals surface area contributed by atoms with Crippen LogP contribution in [0, 0.1) is 9.87 Å². The molecular weight excluding hydrogens is 412 g/mol. The van der Waals surface area contributed by atoms with E-state index in [1.165, 1.54) is 28.0 Å². The van der Waals surface area contributed by atoms with Gasteiger partial charge in [-0.25, -0.2) is 4.90 Å². The highest BCUT2D eigenvalue weighted by molar-refractivity contribution is 8.01. The van der Waals surface area contributed by atoms with Crippen molar-refractivity contribution in [3.63, 3.8) is 0 Å². The van der Waals surface area contributed by atoms with Gasteiger partial charge in [-0.2, -0.15) is 0 Å². The average molecular weight is 427 g/mol. The minimum Gasteiger partial charge on any atom is -0.508 e. The number of nitrogens with one attached hydrogen (secondary N) is 1. The van der Waals surface area contributed by atoms with Crippen LogP contribution in [0.25, 0.3) is 0 Å². The quantitative estimate of drug-likeness (QED) is 0.472. The number of hydrogen-bond donors (Lipinski definition) is 2. The number of thiazole rings is 1. The molecule has 2 N–H and O–H groups in total. The van der Waals surface area contributed by atoms with E-state index >= 15 is 0 Å². The van der Waals surface area contributed by atoms with Crippen LogP contribution in [0.15, 0.2) is 59.6 Å². The van der Waals surface area contributed by atoms with Crippen LogP contribution in [-0.4, -0.2) is 27.2 Å². The van der Waals surface area contributed by atoms with E-state index in [1.807, 2.05) is 18.2 Å². The highest BCUT2D eigenvalue weighted by Crippen LogP contribution is 2.55. The lowest BCUT2D eigenvalue weighted by atomic mass is 9.82. The third kappa shape index (κ3) is 2.56. The molecule has 1 saturated heterocycles. The second kappa shape index (κ2) is 6.58. The zero-order valence-corrected chi connectivity index (χ0v) is 16.8. The summed E-state index contributed by atoms with van der Waals surface area (Å²) in [5.41, 5.74) is 1.21. The van der Waals surface area contributed by atoms with Gasteiger partial charge in [-0.3, -0.25) is 9.59 Å². The van der Waals surface area contributed by atoms with Crippen LogP contribution in [-0.2, 0) is 9.59 Å². The number of fused-ring (bicyclic) bond motifs is 2. The summed E-state index contributed by atoms with van der Waals surface area (Å²) in [6, 6.07) is 16.0. The van der Waals surface area contributed by atoms with E-state index in [-0.39, 0.29) is 17.6 Å². The molecule has 140 valence electrons. The van der Waals surface area contributed by atoms with Crippen LogP contribution in [0.3, 0.4) is 0 Å². The predicted molar refractivity (Wildman–Crippen MR) is 112 cm³/mol. The molecule has 3 unspecified atom stereocenters. The van der Waals surface area contributed by atoms with E-state index < -0.39 is 17.1 Å². The Morgan fingerprint density at radius 3 is 2.46 bits per heavy atom. The van der Waals surface area contributed by atoms with Crippen LogP contribution < -0.4 is 4.90 Å². The van der Waals surface area contributed by atoms with Gasteiger partial charge in [0.2, 0.25) is 11.8 Å². The van der Waals surface area contributed by atoms with Gasteiger partial charge in [0.25, 0.3) is 0 Å². The van der Waals surface area contributed by atoms with Gasteiger partial charge in [-0.15, -0.1) is 11.3 Å². The number of phenols is 1. The van der Waals surface area contributed by atoms with Gasteiger partial charge in [-0.1, -0.05) is 48.2 Å². The van der Waals surface area contributed by atoms with Gasteiger partial charge in [0.05, 0.1) is 16.6 Å². The Kier molecular flexibility index (Phi) is 4.15. The van der Waals surface area contributed by atoms with Crippen LogP contribution in [0.5, 0.6) is 5.75 Å². The van der Waals surface area contributed by atoms with Gasteiger partial charge >= 0.3 is 0 Å². The molecule has 0 radical (unpaired) electrons. The van der Waals surface area contributed by atoms with Crippen molar-refractivity contribution in [1.29, 1.82) is 0 Å². The molecule has 1 fully saturated rings. The van der Waals surface area contributed by atoms with Crippen molar-refractivity contribution in [3.8, 4) is 5.75 Å². The molecule has 3 heterocycles. The fourth-order valence-corrected chi connectivity index (χ4v) is 6.89. The zero-order valence-electron chi connectivity index (χ0n) is 14.4. The van der Waals surface area contributed by atoms with Crippen LogP contribution in [0.4, 0.5) is 5.69 Å². The first-order valence-electron chi connectivity index (χ1n) is 8.66. The molecule has 5 nitrogen and oxygen atoms in total. The molecule has 2 amide bonds. The second-order valence-corrected chi connectivity index (χ2v) is 9.53. The minimum atomic E-state index is -0.597. The second-order valence-electron chi connectivity index (χ2n) is 6.66. The van der Waals surface area contributed by atoms with Crippen molar-refractivity contribution in [1.82, 2.24) is 4.98 Å². The molecule has 5 rings (SSSR count). The molecule has 28 heavy (non-hydrogen) atoms. The number of H-pyrrole nitrogens is 1. The summed E-state index contributed by atoms with van der Waals surface area (Å²) in [5.74, 6) is -1.39. The molecule has 3 atom stereocenters. The number of phenolic OH excluding ortho intramolecular Hbond substituents is 1. The highest BCUT2D eigenvalue weighted by Gasteiger charge is 2.56. The number of hydrogen-bond acceptors (Lipinski definition) is 6. The number of aromatic amines is 1. The molecule has 3 aromatic rings. The lowest BCUT2D eigenvalue weighted by molar-refractivity contribution is -0.122. The lowest BCUT2D eigenvalue weighted by Gasteiger charge is -2.30. The van der Waals surface area contributed by atoms with E-state index in [4.69, 9.17) is 12.2 Å². The number of carbonyl (C=O) groups excluding carboxylic acids is 2. The molecule has 1 aromatic heterocycles. The molecule has 2 aliphatic rings. The molecule has 2 aromatic carbocycles. The fraction of sp³-hybridized carbons (Fsp3) is 0.150. The first kappa shape index (κ1) is 17.7. The first-order valence-corrected chi connectivity index (χ1v) is 10.8. The van der Waals surface area contributed by atoms with E-state index in [2.05, 4.69) is 4.98 Å². The van der Waals surface area contributed by atoms with E-state index in [0.717, 1.165) is 9.90 Å². The Morgan fingerprint density at radius 1 is 1.00 bits per heavy atom. The largest absolute Gasteiger partial charge is 0.508 e. The van der Waals surface area contributed by atoms with E-state index in [9.17, 15) is 14.7 Å². The van der Waals surface area contributed by atoms with Crippen molar-refractivity contribution in [2.75, 3.05) is 4.90 Å². The summed E-state index contributed by atoms with van der Waals surface area (Å²) in [7, 11) is 0. The minimum absolute atomic E-state index is 0.113. The van der Waals surface area contributed by atoms with Crippen molar-refractivity contribution in [2.24, 2.45) is 5.92 Å². The monoisotopic (exact) mass is 426 g/mol. The molecule has 0 aliphatic carbocycles. The molecular formula is C20H14N2O3S3. The number of aromatic hydroxyl groups is 1. The Morgan fingerprint density at radius 2 is 1.71 bits per heavy atom. The number of rotatable bonds is 2. The Hall–Kier alpha value is -2.42. The van der Waals surface area contributed by atoms with Crippen LogP contribution >= 0.6 is 35.3 Å². The van der Waals surface area contributed by atoms with Crippen molar-refractivity contribution < 1.29 is 14.7 Å². The number of anilines is 1. The predicted octanol–water partition coefficient (Wildman–Crippen LogP) is 4.31. The number of nitrogens with zero attached hydrogens (tertiary/aromatic N) is 1. The molecule has 0 spiro atoms. The number of benzene rings is 2. The van der Waals surface area contributed by atoms with Crippen molar-refractivity contribution >= 4 is 52.8 Å². The summed E-state index contributed by atoms with van der Waals surface area (Å²) in [6.45, 7) is 0. The maximum atomic E-state index is 13.4. The number of carbonyl (C=O) groups is 2. The summed E-state index contributed by atoms with van der Waals surface area (Å²) in [4.78, 5) is 32.0. The van der Waals surface area contributed by atoms with Crippen LogP contribution in [0.2, 0.25) is 0 Å². The number of para-hydroxylation sites is 2. The van der Waals surface area contributed by atoms with Crippen molar-refractivity contribution in [2.45, 2.75) is 16.2 Å². The lowest BCUT2D eigenvalue weighted by Crippen LogP contribution is -2.32. The Balaban J connectivity index is 1.69. The maximum Gasteiger partial charge on any atom is 0.248 e. The van der Waals surface area contributed by atoms with E-state index in [0.29, 0.717) is 15.2 Å². The normalized spacial score (nSPS) is 23.6. The third-order valence-corrected chi connectivity index (χ3v) is 7.86. The smallest absolute Gasteiger partial charge is 0.248 e. The fourth-order valence-electron chi connectivity index (χ4n) is 3.93. The van der Waals surface area contributed by atoms with Gasteiger partial charge in [0.15, 0.2) is 3.95 Å². The standard InChI is InChI=1S/C20H14N2O3S3/c23-12-9-5-4-8-11(12)13-14-16(27-17-15(13)28-20(26)21-17)19(25)22(18(14)24)10-6-2-1-3-7-10/h1-9,13-14,16,23H,(H,21,26). The van der Waals surface area contributed by atoms with Gasteiger partial charge < -0.3 is 10.1 Å². The van der Waals surface area contributed by atoms with Crippen LogP contribution in [0.1, 0.15) is 16.4 Å². The molecule has 0 bridgehead atoms. The molecule has 2 aliphatic heterocycles. The number of amides is 2. The van der Waals surface area contributed by atoms with Gasteiger partial charge in [0.1, 0.15) is 11.0 Å². The summed E-state index contributed by atoms with van der Waals surface area (Å²) in [6.07, 6.45) is 0. The summed E-state index contributed by atoms with van der Waals surface area (Å²) >= 11 is 8.07. The van der Waals surface area contributed by atoms with E-state index in [1.54, 1.807) is 36.4 Å². The zero-order chi connectivity index (χ0) is 19.4. The Bertz CT molecular complexity index is 1150. The average Bonchev–Trinajstić information content (AvgIpc) is 3.18. The Labute approximate surface area is 174 Å². The number of imide groups is 1. The SMILES string of the molecule is O=C1C2Sc3[nH]c(=S)sc3C(c3ccccc3O)C2C(=O)N1c1ccccc1. The number of aromatic nitrogens is 1. The van der Waals surface area contributed by atoms with Crippen molar-refractivity contribution in [3.05, 3.63) is 69.0 Å². The molecule has 0 saturated carbocycles. The first-order chi connectivity index (χ1) is 13.6. The summed E-state index contributed by atoms with van der Waals surface area (Å²) < 4.78 is 0.595. The third-order valence-electron chi connectivity index (χ3n) is 5.11. The topological polar surface area (TPSA) is 73.4 Å².